The minimum absolute atomic E-state index is 0.0365. The minimum Gasteiger partial charge on any atom is -0.494 e. The van der Waals surface area contributed by atoms with Crippen LogP contribution in [0.25, 0.3) is 0 Å². The lowest BCUT2D eigenvalue weighted by Crippen LogP contribution is -2.45. The van der Waals surface area contributed by atoms with Crippen molar-refractivity contribution in [3.63, 3.8) is 0 Å². The first-order chi connectivity index (χ1) is 9.63. The molecule has 20 heavy (non-hydrogen) atoms. The Balaban J connectivity index is 2.24. The number of hydrogen-bond acceptors (Lipinski definition) is 4. The molecule has 0 aliphatic carbocycles. The smallest absolute Gasteiger partial charge is 0.119 e. The van der Waals surface area contributed by atoms with E-state index in [0.29, 0.717) is 6.61 Å². The number of rotatable bonds is 10. The van der Waals surface area contributed by atoms with Crippen LogP contribution in [0.3, 0.4) is 0 Å². The first kappa shape index (κ1) is 17.0. The van der Waals surface area contributed by atoms with Crippen LogP contribution in [0.15, 0.2) is 24.3 Å². The molecule has 3 N–H and O–H groups in total. The van der Waals surface area contributed by atoms with Crippen molar-refractivity contribution in [3.05, 3.63) is 29.8 Å². The van der Waals surface area contributed by atoms with E-state index in [-0.39, 0.29) is 18.8 Å². The summed E-state index contributed by atoms with van der Waals surface area (Å²) in [5, 5.41) is 21.8. The molecule has 0 aliphatic rings. The Morgan fingerprint density at radius 3 is 2.70 bits per heavy atom. The number of benzene rings is 1. The maximum Gasteiger partial charge on any atom is 0.119 e. The predicted molar refractivity (Wildman–Crippen MR) is 80.9 cm³/mol. The third kappa shape index (κ3) is 5.90. The maximum atomic E-state index is 9.39. The third-order valence-corrected chi connectivity index (χ3v) is 3.43. The largest absolute Gasteiger partial charge is 0.494 e. The highest BCUT2D eigenvalue weighted by Gasteiger charge is 2.20. The molecule has 0 aromatic heterocycles. The van der Waals surface area contributed by atoms with Gasteiger partial charge in [0, 0.05) is 5.54 Å². The number of likely N-dealkylation sites (N-methyl/N-ethyl adjacent to an activating group) is 1. The summed E-state index contributed by atoms with van der Waals surface area (Å²) in [4.78, 5) is 0. The Kier molecular flexibility index (Phi) is 7.59. The molecular formula is C16H27NO3. The van der Waals surface area contributed by atoms with Crippen LogP contribution in [-0.2, 0) is 6.61 Å². The van der Waals surface area contributed by atoms with Gasteiger partial charge in [0.05, 0.1) is 19.8 Å². The summed E-state index contributed by atoms with van der Waals surface area (Å²) in [6.07, 6.45) is 2.88. The average Bonchev–Trinajstić information content (AvgIpc) is 2.47. The summed E-state index contributed by atoms with van der Waals surface area (Å²) < 4.78 is 5.66. The van der Waals surface area contributed by atoms with E-state index in [2.05, 4.69) is 5.32 Å². The lowest BCUT2D eigenvalue weighted by Gasteiger charge is -2.28. The van der Waals surface area contributed by atoms with E-state index in [9.17, 15) is 5.11 Å². The van der Waals surface area contributed by atoms with E-state index in [1.165, 1.54) is 0 Å². The zero-order valence-corrected chi connectivity index (χ0v) is 12.6. The van der Waals surface area contributed by atoms with Gasteiger partial charge in [-0.15, -0.1) is 0 Å². The first-order valence-electron chi connectivity index (χ1n) is 7.32. The van der Waals surface area contributed by atoms with Crippen LogP contribution in [0.2, 0.25) is 0 Å². The maximum absolute atomic E-state index is 9.39. The lowest BCUT2D eigenvalue weighted by molar-refractivity contribution is 0.162. The zero-order valence-electron chi connectivity index (χ0n) is 12.6. The van der Waals surface area contributed by atoms with Crippen molar-refractivity contribution < 1.29 is 14.9 Å². The monoisotopic (exact) mass is 281 g/mol. The quantitative estimate of drug-likeness (QED) is 0.575. The van der Waals surface area contributed by atoms with Gasteiger partial charge in [-0.1, -0.05) is 19.1 Å². The highest BCUT2D eigenvalue weighted by Crippen LogP contribution is 2.16. The van der Waals surface area contributed by atoms with Gasteiger partial charge in [0.15, 0.2) is 0 Å². The summed E-state index contributed by atoms with van der Waals surface area (Å²) in [7, 11) is 0. The number of aliphatic hydroxyl groups excluding tert-OH is 2. The predicted octanol–water partition coefficient (Wildman–Crippen LogP) is 2.09. The van der Waals surface area contributed by atoms with E-state index < -0.39 is 0 Å². The number of ether oxygens (including phenoxy) is 1. The van der Waals surface area contributed by atoms with Crippen LogP contribution < -0.4 is 10.1 Å². The molecule has 4 heteroatoms. The Hall–Kier alpha value is -1.10. The first-order valence-corrected chi connectivity index (χ1v) is 7.32. The van der Waals surface area contributed by atoms with Gasteiger partial charge in [-0.2, -0.15) is 0 Å². The van der Waals surface area contributed by atoms with Crippen molar-refractivity contribution in [2.24, 2.45) is 0 Å². The molecule has 1 aromatic rings. The molecule has 1 atom stereocenters. The van der Waals surface area contributed by atoms with Crippen LogP contribution in [-0.4, -0.2) is 35.5 Å². The van der Waals surface area contributed by atoms with Crippen molar-refractivity contribution in [1.82, 2.24) is 5.32 Å². The van der Waals surface area contributed by atoms with Crippen molar-refractivity contribution in [2.75, 3.05) is 19.8 Å². The Morgan fingerprint density at radius 2 is 2.05 bits per heavy atom. The Labute approximate surface area is 121 Å². The van der Waals surface area contributed by atoms with Crippen LogP contribution in [0.4, 0.5) is 0 Å². The molecule has 0 saturated heterocycles. The molecule has 1 aromatic carbocycles. The number of hydrogen-bond donors (Lipinski definition) is 3. The molecule has 1 rings (SSSR count). The number of unbranched alkanes of at least 4 members (excludes halogenated alkanes) is 1. The van der Waals surface area contributed by atoms with Crippen LogP contribution >= 0.6 is 0 Å². The van der Waals surface area contributed by atoms with Crippen LogP contribution in [0.5, 0.6) is 5.75 Å². The molecule has 4 nitrogen and oxygen atoms in total. The fraction of sp³-hybridized carbons (Fsp3) is 0.625. The average molecular weight is 281 g/mol. The summed E-state index contributed by atoms with van der Waals surface area (Å²) in [6, 6.07) is 7.51. The highest BCUT2D eigenvalue weighted by atomic mass is 16.5. The molecular weight excluding hydrogens is 254 g/mol. The molecule has 1 unspecified atom stereocenters. The molecule has 114 valence electrons. The summed E-state index contributed by atoms with van der Waals surface area (Å²) in [5.74, 6) is 0.799. The second-order valence-corrected chi connectivity index (χ2v) is 5.36. The third-order valence-electron chi connectivity index (χ3n) is 3.43. The van der Waals surface area contributed by atoms with E-state index in [1.807, 2.05) is 38.1 Å². The van der Waals surface area contributed by atoms with Crippen molar-refractivity contribution in [3.8, 4) is 5.75 Å². The van der Waals surface area contributed by atoms with Gasteiger partial charge in [-0.05, 0) is 50.4 Å². The molecule has 0 spiro atoms. The lowest BCUT2D eigenvalue weighted by atomic mass is 9.96. The highest BCUT2D eigenvalue weighted by molar-refractivity contribution is 5.27. The van der Waals surface area contributed by atoms with E-state index in [0.717, 1.165) is 37.1 Å². The van der Waals surface area contributed by atoms with Gasteiger partial charge < -0.3 is 20.3 Å². The molecule has 0 saturated carbocycles. The molecule has 0 fully saturated rings. The van der Waals surface area contributed by atoms with Crippen LogP contribution in [0, 0.1) is 0 Å². The fourth-order valence-electron chi connectivity index (χ4n) is 2.19. The zero-order chi connectivity index (χ0) is 14.8. The van der Waals surface area contributed by atoms with Crippen molar-refractivity contribution >= 4 is 0 Å². The second kappa shape index (κ2) is 8.95. The van der Waals surface area contributed by atoms with Crippen molar-refractivity contribution in [1.29, 1.82) is 0 Å². The normalized spacial score (nSPS) is 14.0. The summed E-state index contributed by atoms with van der Waals surface area (Å²) >= 11 is 0. The minimum atomic E-state index is -0.189. The van der Waals surface area contributed by atoms with Gasteiger partial charge in [-0.3, -0.25) is 0 Å². The summed E-state index contributed by atoms with van der Waals surface area (Å²) in [6.45, 7) is 5.80. The fourth-order valence-corrected chi connectivity index (χ4v) is 2.19. The van der Waals surface area contributed by atoms with Crippen LogP contribution in [0.1, 0.15) is 38.7 Å². The standard InChI is InChI=1S/C16H27NO3/c1-3-17-16(2,13-19)9-4-5-10-20-15-8-6-7-14(11-15)12-18/h6-8,11,17-19H,3-5,9-10,12-13H2,1-2H3. The summed E-state index contributed by atoms with van der Waals surface area (Å²) in [5.41, 5.74) is 0.674. The second-order valence-electron chi connectivity index (χ2n) is 5.36. The van der Waals surface area contributed by atoms with E-state index in [1.54, 1.807) is 0 Å². The Morgan fingerprint density at radius 1 is 1.25 bits per heavy atom. The molecule has 0 heterocycles. The topological polar surface area (TPSA) is 61.7 Å². The Bertz CT molecular complexity index is 384. The molecule has 0 bridgehead atoms. The SMILES string of the molecule is CCNC(C)(CO)CCCCOc1cccc(CO)c1. The van der Waals surface area contributed by atoms with E-state index in [4.69, 9.17) is 9.84 Å². The molecule has 0 aliphatic heterocycles. The van der Waals surface area contributed by atoms with Gasteiger partial charge in [0.1, 0.15) is 5.75 Å². The number of aliphatic hydroxyl groups is 2. The van der Waals surface area contributed by atoms with Gasteiger partial charge in [0.25, 0.3) is 0 Å². The van der Waals surface area contributed by atoms with E-state index >= 15 is 0 Å². The van der Waals surface area contributed by atoms with Gasteiger partial charge >= 0.3 is 0 Å². The van der Waals surface area contributed by atoms with Crippen molar-refractivity contribution in [2.45, 2.75) is 45.3 Å². The van der Waals surface area contributed by atoms with Gasteiger partial charge in [0.2, 0.25) is 0 Å². The van der Waals surface area contributed by atoms with Gasteiger partial charge in [-0.25, -0.2) is 0 Å². The molecule has 0 amide bonds. The molecule has 0 radical (unpaired) electrons. The number of nitrogens with one attached hydrogen (secondary N) is 1.